The highest BCUT2D eigenvalue weighted by atomic mass is 35.5. The zero-order valence-corrected chi connectivity index (χ0v) is 11.0. The Bertz CT molecular complexity index is 490. The SMILES string of the molecule is CCN(CCO)S(=O)(=O)c1cc(Cl)ccc1N. The van der Waals surface area contributed by atoms with E-state index < -0.39 is 10.0 Å². The lowest BCUT2D eigenvalue weighted by molar-refractivity contribution is 0.257. The van der Waals surface area contributed by atoms with Gasteiger partial charge in [-0.15, -0.1) is 0 Å². The average Bonchev–Trinajstić information content (AvgIpc) is 2.28. The maximum absolute atomic E-state index is 12.2. The summed E-state index contributed by atoms with van der Waals surface area (Å²) in [5, 5.41) is 9.14. The van der Waals surface area contributed by atoms with Crippen LogP contribution < -0.4 is 5.73 Å². The molecule has 3 N–H and O–H groups in total. The molecule has 0 spiro atoms. The lowest BCUT2D eigenvalue weighted by atomic mass is 10.3. The van der Waals surface area contributed by atoms with Crippen molar-refractivity contribution in [3.8, 4) is 0 Å². The van der Waals surface area contributed by atoms with Crippen LogP contribution in [0.2, 0.25) is 5.02 Å². The van der Waals surface area contributed by atoms with Crippen LogP contribution in [0.4, 0.5) is 5.69 Å². The van der Waals surface area contributed by atoms with Crippen LogP contribution in [0, 0.1) is 0 Å². The second kappa shape index (κ2) is 5.68. The molecule has 0 amide bonds. The van der Waals surface area contributed by atoms with Gasteiger partial charge in [-0.25, -0.2) is 8.42 Å². The summed E-state index contributed by atoms with van der Waals surface area (Å²) in [5.41, 5.74) is 5.78. The standard InChI is InChI=1S/C10H15ClN2O3S/c1-2-13(5-6-14)17(15,16)10-7-8(11)3-4-9(10)12/h3-4,7,14H,2,5-6,12H2,1H3. The molecule has 7 heteroatoms. The smallest absolute Gasteiger partial charge is 0.245 e. The monoisotopic (exact) mass is 278 g/mol. The normalized spacial score (nSPS) is 12.0. The predicted octanol–water partition coefficient (Wildman–Crippen LogP) is 0.925. The molecule has 0 aromatic heterocycles. The molecule has 5 nitrogen and oxygen atoms in total. The Kier molecular flexibility index (Phi) is 4.76. The van der Waals surface area contributed by atoms with E-state index in [2.05, 4.69) is 0 Å². The van der Waals surface area contributed by atoms with Gasteiger partial charge in [0.2, 0.25) is 10.0 Å². The Balaban J connectivity index is 3.24. The fourth-order valence-corrected chi connectivity index (χ4v) is 3.25. The third kappa shape index (κ3) is 3.10. The van der Waals surface area contributed by atoms with Crippen LogP contribution >= 0.6 is 11.6 Å². The maximum atomic E-state index is 12.2. The quantitative estimate of drug-likeness (QED) is 0.785. The van der Waals surface area contributed by atoms with E-state index >= 15 is 0 Å². The largest absolute Gasteiger partial charge is 0.398 e. The number of nitrogens with zero attached hydrogens (tertiary/aromatic N) is 1. The van der Waals surface area contributed by atoms with E-state index in [1.54, 1.807) is 6.92 Å². The number of halogens is 1. The molecule has 0 fully saturated rings. The Morgan fingerprint density at radius 2 is 2.12 bits per heavy atom. The van der Waals surface area contributed by atoms with Crippen LogP contribution in [0.1, 0.15) is 6.92 Å². The van der Waals surface area contributed by atoms with Crippen molar-refractivity contribution in [2.24, 2.45) is 0 Å². The molecule has 0 heterocycles. The number of aliphatic hydroxyl groups excluding tert-OH is 1. The van der Waals surface area contributed by atoms with Crippen LogP contribution in [-0.2, 0) is 10.0 Å². The zero-order chi connectivity index (χ0) is 13.1. The topological polar surface area (TPSA) is 83.6 Å². The number of hydrogen-bond acceptors (Lipinski definition) is 4. The number of nitrogens with two attached hydrogens (primary N) is 1. The van der Waals surface area contributed by atoms with Gasteiger partial charge in [0.1, 0.15) is 4.90 Å². The molecule has 0 unspecified atom stereocenters. The first-order valence-electron chi connectivity index (χ1n) is 5.09. The van der Waals surface area contributed by atoms with Gasteiger partial charge in [-0.3, -0.25) is 0 Å². The van der Waals surface area contributed by atoms with E-state index in [1.165, 1.54) is 18.2 Å². The first-order valence-corrected chi connectivity index (χ1v) is 6.91. The van der Waals surface area contributed by atoms with Gasteiger partial charge >= 0.3 is 0 Å². The molecule has 0 aliphatic carbocycles. The van der Waals surface area contributed by atoms with Gasteiger partial charge in [-0.05, 0) is 18.2 Å². The van der Waals surface area contributed by atoms with Crippen molar-refractivity contribution in [1.82, 2.24) is 4.31 Å². The Morgan fingerprint density at radius 1 is 1.47 bits per heavy atom. The number of likely N-dealkylation sites (N-methyl/N-ethyl adjacent to an activating group) is 1. The minimum absolute atomic E-state index is 0.0275. The third-order valence-corrected chi connectivity index (χ3v) is 4.56. The number of anilines is 1. The first-order chi connectivity index (χ1) is 7.93. The molecule has 0 bridgehead atoms. The summed E-state index contributed by atoms with van der Waals surface area (Å²) >= 11 is 5.76. The summed E-state index contributed by atoms with van der Waals surface area (Å²) in [7, 11) is -3.70. The average molecular weight is 279 g/mol. The maximum Gasteiger partial charge on any atom is 0.245 e. The lowest BCUT2D eigenvalue weighted by Crippen LogP contribution is -2.33. The Morgan fingerprint density at radius 3 is 2.65 bits per heavy atom. The van der Waals surface area contributed by atoms with E-state index in [0.717, 1.165) is 4.31 Å². The second-order valence-electron chi connectivity index (χ2n) is 3.40. The minimum atomic E-state index is -3.70. The van der Waals surface area contributed by atoms with Gasteiger partial charge in [-0.2, -0.15) is 4.31 Å². The predicted molar refractivity (Wildman–Crippen MR) is 67.4 cm³/mol. The van der Waals surface area contributed by atoms with E-state index in [1.807, 2.05) is 0 Å². The van der Waals surface area contributed by atoms with Crippen molar-refractivity contribution in [2.75, 3.05) is 25.4 Å². The van der Waals surface area contributed by atoms with Crippen LogP contribution in [-0.4, -0.2) is 37.5 Å². The third-order valence-electron chi connectivity index (χ3n) is 2.30. The van der Waals surface area contributed by atoms with Crippen molar-refractivity contribution in [3.63, 3.8) is 0 Å². The summed E-state index contributed by atoms with van der Waals surface area (Å²) < 4.78 is 25.6. The summed E-state index contributed by atoms with van der Waals surface area (Å²) in [6.07, 6.45) is 0. The van der Waals surface area contributed by atoms with E-state index in [-0.39, 0.29) is 30.3 Å². The number of nitrogen functional groups attached to an aromatic ring is 1. The lowest BCUT2D eigenvalue weighted by Gasteiger charge is -2.20. The molecule has 0 saturated heterocycles. The minimum Gasteiger partial charge on any atom is -0.398 e. The molecule has 96 valence electrons. The molecular formula is C10H15ClN2O3S. The summed E-state index contributed by atoms with van der Waals surface area (Å²) in [6.45, 7) is 1.74. The van der Waals surface area contributed by atoms with Crippen LogP contribution in [0.25, 0.3) is 0 Å². The molecule has 0 aliphatic heterocycles. The van der Waals surface area contributed by atoms with Crippen molar-refractivity contribution in [1.29, 1.82) is 0 Å². The number of hydrogen-bond donors (Lipinski definition) is 2. The molecule has 1 aromatic carbocycles. The molecule has 1 rings (SSSR count). The Labute approximate surface area is 106 Å². The molecule has 0 saturated carbocycles. The number of sulfonamides is 1. The van der Waals surface area contributed by atoms with Crippen molar-refractivity contribution in [3.05, 3.63) is 23.2 Å². The van der Waals surface area contributed by atoms with Crippen molar-refractivity contribution >= 4 is 27.3 Å². The van der Waals surface area contributed by atoms with E-state index in [0.29, 0.717) is 5.02 Å². The molecular weight excluding hydrogens is 264 g/mol. The van der Waals surface area contributed by atoms with Gasteiger partial charge in [0.05, 0.1) is 12.3 Å². The molecule has 0 aliphatic rings. The fraction of sp³-hybridized carbons (Fsp3) is 0.400. The highest BCUT2D eigenvalue weighted by molar-refractivity contribution is 7.89. The van der Waals surface area contributed by atoms with Crippen LogP contribution in [0.3, 0.4) is 0 Å². The zero-order valence-electron chi connectivity index (χ0n) is 9.43. The van der Waals surface area contributed by atoms with Crippen molar-refractivity contribution in [2.45, 2.75) is 11.8 Å². The highest BCUT2D eigenvalue weighted by Gasteiger charge is 2.24. The molecule has 0 atom stereocenters. The van der Waals surface area contributed by atoms with E-state index in [4.69, 9.17) is 22.4 Å². The molecule has 1 aromatic rings. The first kappa shape index (κ1) is 14.2. The number of aliphatic hydroxyl groups is 1. The van der Waals surface area contributed by atoms with Gasteiger partial charge in [0.25, 0.3) is 0 Å². The summed E-state index contributed by atoms with van der Waals surface area (Å²) in [4.78, 5) is -0.0275. The highest BCUT2D eigenvalue weighted by Crippen LogP contribution is 2.25. The number of benzene rings is 1. The van der Waals surface area contributed by atoms with Gasteiger partial charge < -0.3 is 10.8 Å². The van der Waals surface area contributed by atoms with Gasteiger partial charge in [0.15, 0.2) is 0 Å². The van der Waals surface area contributed by atoms with Crippen molar-refractivity contribution < 1.29 is 13.5 Å². The van der Waals surface area contributed by atoms with Gasteiger partial charge in [0, 0.05) is 18.1 Å². The number of rotatable bonds is 5. The van der Waals surface area contributed by atoms with E-state index in [9.17, 15) is 8.42 Å². The second-order valence-corrected chi connectivity index (χ2v) is 5.75. The Hall–Kier alpha value is -0.820. The van der Waals surface area contributed by atoms with Gasteiger partial charge in [-0.1, -0.05) is 18.5 Å². The molecule has 0 radical (unpaired) electrons. The fourth-order valence-electron chi connectivity index (χ4n) is 1.43. The van der Waals surface area contributed by atoms with Crippen LogP contribution in [0.5, 0.6) is 0 Å². The van der Waals surface area contributed by atoms with Crippen LogP contribution in [0.15, 0.2) is 23.1 Å². The molecule has 17 heavy (non-hydrogen) atoms. The summed E-state index contributed by atoms with van der Waals surface area (Å²) in [6, 6.07) is 4.28. The summed E-state index contributed by atoms with van der Waals surface area (Å²) in [5.74, 6) is 0.